The lowest BCUT2D eigenvalue weighted by atomic mass is 9.69. The van der Waals surface area contributed by atoms with Gasteiger partial charge in [0.15, 0.2) is 0 Å². The molecule has 0 saturated heterocycles. The van der Waals surface area contributed by atoms with Crippen molar-refractivity contribution in [1.82, 2.24) is 4.98 Å². The van der Waals surface area contributed by atoms with Crippen LogP contribution in [0.1, 0.15) is 27.8 Å². The average molecular weight is 545 g/mol. The minimum atomic E-state index is -0.484. The average Bonchev–Trinajstić information content (AvgIpc) is 3.55. The fourth-order valence-electron chi connectivity index (χ4n) is 7.69. The number of benzene rings is 6. The van der Waals surface area contributed by atoms with Crippen LogP contribution in [0.3, 0.4) is 0 Å². The number of pyridine rings is 1. The molecule has 0 N–H and O–H groups in total. The van der Waals surface area contributed by atoms with Crippen LogP contribution in [-0.4, -0.2) is 4.98 Å². The van der Waals surface area contributed by atoms with E-state index in [-0.39, 0.29) is 0 Å². The van der Waals surface area contributed by atoms with Crippen molar-refractivity contribution >= 4 is 10.8 Å². The molecule has 1 heterocycles. The van der Waals surface area contributed by atoms with Gasteiger partial charge in [0.1, 0.15) is 6.07 Å². The summed E-state index contributed by atoms with van der Waals surface area (Å²) in [6, 6.07) is 50.9. The highest BCUT2D eigenvalue weighted by molar-refractivity contribution is 6.11. The second kappa shape index (κ2) is 8.86. The van der Waals surface area contributed by atoms with Gasteiger partial charge in [0.25, 0.3) is 0 Å². The van der Waals surface area contributed by atoms with Crippen molar-refractivity contribution in [2.75, 3.05) is 0 Å². The predicted molar refractivity (Wildman–Crippen MR) is 174 cm³/mol. The quantitative estimate of drug-likeness (QED) is 0.217. The van der Waals surface area contributed by atoms with Crippen molar-refractivity contribution in [2.45, 2.75) is 5.41 Å². The van der Waals surface area contributed by atoms with Gasteiger partial charge in [-0.3, -0.25) is 4.98 Å². The Labute approximate surface area is 250 Å². The van der Waals surface area contributed by atoms with E-state index in [9.17, 15) is 5.26 Å². The van der Waals surface area contributed by atoms with E-state index in [2.05, 4.69) is 138 Å². The van der Waals surface area contributed by atoms with Crippen LogP contribution in [0.2, 0.25) is 0 Å². The van der Waals surface area contributed by atoms with Crippen LogP contribution in [0.5, 0.6) is 0 Å². The van der Waals surface area contributed by atoms with Gasteiger partial charge in [0.05, 0.1) is 11.0 Å². The van der Waals surface area contributed by atoms with Crippen LogP contribution in [0.15, 0.2) is 146 Å². The summed E-state index contributed by atoms with van der Waals surface area (Å²) in [6.07, 6.45) is 3.48. The first-order valence-electron chi connectivity index (χ1n) is 14.6. The van der Waals surface area contributed by atoms with Crippen molar-refractivity contribution in [3.63, 3.8) is 0 Å². The van der Waals surface area contributed by atoms with Gasteiger partial charge in [0, 0.05) is 18.0 Å². The summed E-state index contributed by atoms with van der Waals surface area (Å²) in [4.78, 5) is 4.39. The Morgan fingerprint density at radius 2 is 1.14 bits per heavy atom. The van der Waals surface area contributed by atoms with Gasteiger partial charge in [0.2, 0.25) is 0 Å². The first-order valence-corrected chi connectivity index (χ1v) is 14.6. The Hall–Kier alpha value is -5.78. The SMILES string of the molecule is N#Cc1cncc(-c2ccc3c(c2)C2(c4ccccc4-c4ccccc42)c2cc(-c4ccccc4)c4ccccc4c2-3)c1. The number of rotatable bonds is 2. The highest BCUT2D eigenvalue weighted by Gasteiger charge is 2.52. The van der Waals surface area contributed by atoms with Crippen molar-refractivity contribution in [2.24, 2.45) is 0 Å². The summed E-state index contributed by atoms with van der Waals surface area (Å²) >= 11 is 0. The molecule has 1 spiro atoms. The Kier molecular flexibility index (Phi) is 4.92. The molecule has 0 saturated carbocycles. The maximum Gasteiger partial charge on any atom is 0.101 e. The van der Waals surface area contributed by atoms with Gasteiger partial charge in [-0.15, -0.1) is 0 Å². The molecule has 2 nitrogen and oxygen atoms in total. The van der Waals surface area contributed by atoms with Gasteiger partial charge < -0.3 is 0 Å². The summed E-state index contributed by atoms with van der Waals surface area (Å²) < 4.78 is 0. The van der Waals surface area contributed by atoms with Crippen molar-refractivity contribution in [3.8, 4) is 50.6 Å². The fraction of sp³-hybridized carbons (Fsp3) is 0.0244. The zero-order valence-corrected chi connectivity index (χ0v) is 23.3. The van der Waals surface area contributed by atoms with E-state index in [0.29, 0.717) is 5.56 Å². The van der Waals surface area contributed by atoms with E-state index in [1.54, 1.807) is 6.20 Å². The molecule has 0 aliphatic heterocycles. The van der Waals surface area contributed by atoms with Gasteiger partial charge >= 0.3 is 0 Å². The highest BCUT2D eigenvalue weighted by atomic mass is 14.6. The van der Waals surface area contributed by atoms with Gasteiger partial charge in [-0.2, -0.15) is 5.26 Å². The third kappa shape index (κ3) is 3.14. The minimum absolute atomic E-state index is 0.484. The van der Waals surface area contributed by atoms with Gasteiger partial charge in [-0.25, -0.2) is 0 Å². The lowest BCUT2D eigenvalue weighted by Gasteiger charge is -2.31. The summed E-state index contributed by atoms with van der Waals surface area (Å²) in [5.74, 6) is 0. The van der Waals surface area contributed by atoms with E-state index < -0.39 is 5.41 Å². The predicted octanol–water partition coefficient (Wildman–Crippen LogP) is 9.78. The molecule has 2 aliphatic carbocycles. The van der Waals surface area contributed by atoms with Crippen LogP contribution >= 0.6 is 0 Å². The largest absolute Gasteiger partial charge is 0.263 e. The monoisotopic (exact) mass is 544 g/mol. The first kappa shape index (κ1) is 23.9. The number of fused-ring (bicyclic) bond motifs is 12. The van der Waals surface area contributed by atoms with Crippen LogP contribution in [0, 0.1) is 11.3 Å². The topological polar surface area (TPSA) is 36.7 Å². The molecule has 7 aromatic rings. The summed E-state index contributed by atoms with van der Waals surface area (Å²) in [6.45, 7) is 0. The van der Waals surface area contributed by atoms with Crippen molar-refractivity contribution in [1.29, 1.82) is 5.26 Å². The van der Waals surface area contributed by atoms with Crippen LogP contribution in [0.4, 0.5) is 0 Å². The third-order valence-corrected chi connectivity index (χ3v) is 9.38. The normalized spacial score (nSPS) is 13.3. The van der Waals surface area contributed by atoms with E-state index in [1.807, 2.05) is 12.3 Å². The molecule has 0 bridgehead atoms. The smallest absolute Gasteiger partial charge is 0.101 e. The summed E-state index contributed by atoms with van der Waals surface area (Å²) in [5.41, 5.74) is 14.9. The number of nitrogens with zero attached hydrogens (tertiary/aromatic N) is 2. The Morgan fingerprint density at radius 3 is 1.88 bits per heavy atom. The van der Waals surface area contributed by atoms with Crippen molar-refractivity contribution in [3.05, 3.63) is 174 Å². The molecule has 2 aliphatic rings. The standard InChI is InChI=1S/C41H24N2/c42-23-26-20-29(25-43-24-26)28-18-19-34-38(21-28)41(36-16-8-6-13-31(36)32-14-7-9-17-37(32)41)39-22-35(27-10-2-1-3-11-27)30-12-4-5-15-33(30)40(34)39/h1-22,24-25H. The first-order chi connectivity index (χ1) is 21.3. The fourth-order valence-corrected chi connectivity index (χ4v) is 7.69. The van der Waals surface area contributed by atoms with Crippen LogP contribution in [-0.2, 0) is 5.41 Å². The number of hydrogen-bond acceptors (Lipinski definition) is 2. The molecule has 0 atom stereocenters. The third-order valence-electron chi connectivity index (χ3n) is 9.38. The zero-order valence-electron chi connectivity index (χ0n) is 23.3. The highest BCUT2D eigenvalue weighted by Crippen LogP contribution is 2.64. The van der Waals surface area contributed by atoms with E-state index in [1.165, 1.54) is 66.4 Å². The lowest BCUT2D eigenvalue weighted by Crippen LogP contribution is -2.26. The van der Waals surface area contributed by atoms with E-state index in [0.717, 1.165) is 11.1 Å². The number of nitriles is 1. The Balaban J connectivity index is 1.46. The lowest BCUT2D eigenvalue weighted by molar-refractivity contribution is 0.795. The minimum Gasteiger partial charge on any atom is -0.263 e. The molecule has 198 valence electrons. The molecule has 0 fully saturated rings. The second-order valence-electron chi connectivity index (χ2n) is 11.4. The molecule has 2 heteroatoms. The van der Waals surface area contributed by atoms with Gasteiger partial charge in [-0.1, -0.05) is 115 Å². The molecular formula is C41H24N2. The maximum atomic E-state index is 9.60. The molecule has 6 aromatic carbocycles. The molecule has 0 unspecified atom stereocenters. The Bertz CT molecular complexity index is 2260. The molecule has 0 radical (unpaired) electrons. The molecular weight excluding hydrogens is 520 g/mol. The van der Waals surface area contributed by atoms with E-state index >= 15 is 0 Å². The molecule has 9 rings (SSSR count). The summed E-state index contributed by atoms with van der Waals surface area (Å²) in [7, 11) is 0. The zero-order chi connectivity index (χ0) is 28.5. The van der Waals surface area contributed by atoms with E-state index in [4.69, 9.17) is 0 Å². The molecule has 0 amide bonds. The van der Waals surface area contributed by atoms with Crippen LogP contribution < -0.4 is 0 Å². The maximum absolute atomic E-state index is 9.60. The summed E-state index contributed by atoms with van der Waals surface area (Å²) in [5, 5.41) is 12.1. The molecule has 43 heavy (non-hydrogen) atoms. The van der Waals surface area contributed by atoms with Gasteiger partial charge in [-0.05, 0) is 90.2 Å². The van der Waals surface area contributed by atoms with Crippen LogP contribution in [0.25, 0.3) is 55.3 Å². The molecule has 1 aromatic heterocycles. The number of aromatic nitrogens is 1. The van der Waals surface area contributed by atoms with Crippen molar-refractivity contribution < 1.29 is 0 Å². The number of hydrogen-bond donors (Lipinski definition) is 0. The Morgan fingerprint density at radius 1 is 0.465 bits per heavy atom. The second-order valence-corrected chi connectivity index (χ2v) is 11.4.